The van der Waals surface area contributed by atoms with Gasteiger partial charge in [-0.2, -0.15) is 4.98 Å². The predicted molar refractivity (Wildman–Crippen MR) is 73.5 cm³/mol. The van der Waals surface area contributed by atoms with Crippen LogP contribution in [-0.2, 0) is 16.4 Å². The van der Waals surface area contributed by atoms with Crippen molar-refractivity contribution in [1.82, 2.24) is 14.9 Å². The van der Waals surface area contributed by atoms with E-state index >= 15 is 0 Å². The molecular weight excluding hydrogens is 299 g/mol. The van der Waals surface area contributed by atoms with Gasteiger partial charge < -0.3 is 10.3 Å². The Balaban J connectivity index is 2.10. The first-order chi connectivity index (χ1) is 9.79. The summed E-state index contributed by atoms with van der Waals surface area (Å²) in [4.78, 5) is 3.91. The standard InChI is InChI=1S/C12H15FN4O3S/c1-7-5-9(13)10(14)6-11(7)21(18,19)15-4-3-12-16-8(2)20-17-12/h5-6,15H,3-4,14H2,1-2H3. The maximum atomic E-state index is 13.3. The van der Waals surface area contributed by atoms with Gasteiger partial charge in [0.05, 0.1) is 10.6 Å². The van der Waals surface area contributed by atoms with Gasteiger partial charge in [0.1, 0.15) is 5.82 Å². The van der Waals surface area contributed by atoms with Gasteiger partial charge in [-0.15, -0.1) is 0 Å². The van der Waals surface area contributed by atoms with E-state index in [1.807, 2.05) is 0 Å². The second-order valence-electron chi connectivity index (χ2n) is 4.52. The van der Waals surface area contributed by atoms with Crippen molar-refractivity contribution in [1.29, 1.82) is 0 Å². The van der Waals surface area contributed by atoms with Crippen LogP contribution in [0.15, 0.2) is 21.6 Å². The molecule has 0 spiro atoms. The number of anilines is 1. The van der Waals surface area contributed by atoms with Gasteiger partial charge in [0, 0.05) is 19.9 Å². The van der Waals surface area contributed by atoms with Crippen LogP contribution in [0.1, 0.15) is 17.3 Å². The number of halogens is 1. The lowest BCUT2D eigenvalue weighted by atomic mass is 10.2. The van der Waals surface area contributed by atoms with E-state index in [0.717, 1.165) is 12.1 Å². The van der Waals surface area contributed by atoms with Crippen LogP contribution in [0.3, 0.4) is 0 Å². The number of sulfonamides is 1. The van der Waals surface area contributed by atoms with Crippen LogP contribution in [0, 0.1) is 19.7 Å². The number of benzene rings is 1. The zero-order chi connectivity index (χ0) is 15.6. The SMILES string of the molecule is Cc1nc(CCNS(=O)(=O)c2cc(N)c(F)cc2C)no1. The van der Waals surface area contributed by atoms with E-state index in [2.05, 4.69) is 14.9 Å². The highest BCUT2D eigenvalue weighted by molar-refractivity contribution is 7.89. The van der Waals surface area contributed by atoms with Crippen LogP contribution >= 0.6 is 0 Å². The van der Waals surface area contributed by atoms with Crippen molar-refractivity contribution in [3.05, 3.63) is 35.2 Å². The summed E-state index contributed by atoms with van der Waals surface area (Å²) in [7, 11) is -3.78. The summed E-state index contributed by atoms with van der Waals surface area (Å²) in [5, 5.41) is 3.66. The van der Waals surface area contributed by atoms with E-state index in [4.69, 9.17) is 10.3 Å². The first-order valence-electron chi connectivity index (χ1n) is 6.14. The average molecular weight is 314 g/mol. The summed E-state index contributed by atoms with van der Waals surface area (Å²) in [6, 6.07) is 2.19. The molecule has 0 amide bonds. The molecular formula is C12H15FN4O3S. The maximum Gasteiger partial charge on any atom is 0.240 e. The molecule has 0 aliphatic rings. The third-order valence-electron chi connectivity index (χ3n) is 2.79. The number of nitrogens with zero attached hydrogens (tertiary/aromatic N) is 2. The van der Waals surface area contributed by atoms with Gasteiger partial charge in [-0.1, -0.05) is 5.16 Å². The predicted octanol–water partition coefficient (Wildman–Crippen LogP) is 0.929. The highest BCUT2D eigenvalue weighted by atomic mass is 32.2. The van der Waals surface area contributed by atoms with Crippen LogP contribution in [0.5, 0.6) is 0 Å². The van der Waals surface area contributed by atoms with Crippen molar-refractivity contribution >= 4 is 15.7 Å². The van der Waals surface area contributed by atoms with Gasteiger partial charge in [0.2, 0.25) is 15.9 Å². The Morgan fingerprint density at radius 3 is 2.71 bits per heavy atom. The second-order valence-corrected chi connectivity index (χ2v) is 6.25. The zero-order valence-corrected chi connectivity index (χ0v) is 12.4. The molecule has 3 N–H and O–H groups in total. The van der Waals surface area contributed by atoms with E-state index in [1.165, 1.54) is 6.92 Å². The summed E-state index contributed by atoms with van der Waals surface area (Å²) in [5.74, 6) is 0.175. The molecule has 1 aromatic heterocycles. The highest BCUT2D eigenvalue weighted by Crippen LogP contribution is 2.21. The number of aryl methyl sites for hydroxylation is 2. The minimum atomic E-state index is -3.78. The summed E-state index contributed by atoms with van der Waals surface area (Å²) >= 11 is 0. The molecule has 0 radical (unpaired) electrons. The quantitative estimate of drug-likeness (QED) is 0.794. The van der Waals surface area contributed by atoms with E-state index in [0.29, 0.717) is 11.7 Å². The molecule has 2 rings (SSSR count). The van der Waals surface area contributed by atoms with Gasteiger partial charge in [-0.3, -0.25) is 0 Å². The van der Waals surface area contributed by atoms with E-state index in [1.54, 1.807) is 6.92 Å². The van der Waals surface area contributed by atoms with Crippen molar-refractivity contribution in [2.45, 2.75) is 25.2 Å². The number of hydrogen-bond acceptors (Lipinski definition) is 6. The number of aromatic nitrogens is 2. The van der Waals surface area contributed by atoms with E-state index < -0.39 is 15.8 Å². The third kappa shape index (κ3) is 3.56. The first kappa shape index (κ1) is 15.4. The Bertz CT molecular complexity index is 758. The van der Waals surface area contributed by atoms with E-state index in [9.17, 15) is 12.8 Å². The molecule has 0 saturated heterocycles. The van der Waals surface area contributed by atoms with Crippen LogP contribution in [-0.4, -0.2) is 25.1 Å². The van der Waals surface area contributed by atoms with Gasteiger partial charge in [0.15, 0.2) is 5.82 Å². The number of rotatable bonds is 5. The summed E-state index contributed by atoms with van der Waals surface area (Å²) < 4.78 is 44.7. The largest absolute Gasteiger partial charge is 0.396 e. The van der Waals surface area contributed by atoms with Crippen molar-refractivity contribution in [3.63, 3.8) is 0 Å². The molecule has 114 valence electrons. The summed E-state index contributed by atoms with van der Waals surface area (Å²) in [5.41, 5.74) is 5.48. The molecule has 0 bridgehead atoms. The van der Waals surface area contributed by atoms with Crippen molar-refractivity contribution < 1.29 is 17.3 Å². The number of nitrogens with one attached hydrogen (secondary N) is 1. The lowest BCUT2D eigenvalue weighted by molar-refractivity contribution is 0.387. The van der Waals surface area contributed by atoms with Crippen molar-refractivity contribution in [2.24, 2.45) is 0 Å². The highest BCUT2D eigenvalue weighted by Gasteiger charge is 2.18. The molecule has 0 atom stereocenters. The van der Waals surface area contributed by atoms with Crippen LogP contribution in [0.4, 0.5) is 10.1 Å². The second kappa shape index (κ2) is 5.78. The lowest BCUT2D eigenvalue weighted by Gasteiger charge is -2.10. The number of nitrogens with two attached hydrogens (primary N) is 1. The third-order valence-corrected chi connectivity index (χ3v) is 4.40. The van der Waals surface area contributed by atoms with Crippen molar-refractivity contribution in [3.8, 4) is 0 Å². The summed E-state index contributed by atoms with van der Waals surface area (Å²) in [6.45, 7) is 3.24. The Morgan fingerprint density at radius 2 is 2.10 bits per heavy atom. The van der Waals surface area contributed by atoms with Crippen LogP contribution < -0.4 is 10.5 Å². The molecule has 0 unspecified atom stereocenters. The van der Waals surface area contributed by atoms with Crippen molar-refractivity contribution in [2.75, 3.05) is 12.3 Å². The summed E-state index contributed by atoms with van der Waals surface area (Å²) in [6.07, 6.45) is 0.284. The monoisotopic (exact) mass is 314 g/mol. The topological polar surface area (TPSA) is 111 Å². The van der Waals surface area contributed by atoms with Gasteiger partial charge in [-0.25, -0.2) is 17.5 Å². The molecule has 1 heterocycles. The minimum absolute atomic E-state index is 0.0503. The molecule has 2 aromatic rings. The molecule has 0 saturated carbocycles. The lowest BCUT2D eigenvalue weighted by Crippen LogP contribution is -2.27. The fraction of sp³-hybridized carbons (Fsp3) is 0.333. The van der Waals surface area contributed by atoms with Gasteiger partial charge in [-0.05, 0) is 24.6 Å². The molecule has 9 heteroatoms. The fourth-order valence-electron chi connectivity index (χ4n) is 1.78. The molecule has 7 nitrogen and oxygen atoms in total. The molecule has 0 aliphatic carbocycles. The Kier molecular flexibility index (Phi) is 4.24. The minimum Gasteiger partial charge on any atom is -0.396 e. The van der Waals surface area contributed by atoms with Crippen LogP contribution in [0.2, 0.25) is 0 Å². The molecule has 1 aromatic carbocycles. The Morgan fingerprint density at radius 1 is 1.38 bits per heavy atom. The fourth-order valence-corrected chi connectivity index (χ4v) is 3.07. The average Bonchev–Trinajstić information content (AvgIpc) is 2.79. The number of nitrogen functional groups attached to an aromatic ring is 1. The number of hydrogen-bond donors (Lipinski definition) is 2. The van der Waals surface area contributed by atoms with Crippen LogP contribution in [0.25, 0.3) is 0 Å². The normalized spacial score (nSPS) is 11.8. The molecule has 21 heavy (non-hydrogen) atoms. The Labute approximate surface area is 121 Å². The van der Waals surface area contributed by atoms with Gasteiger partial charge in [0.25, 0.3) is 0 Å². The molecule has 0 fully saturated rings. The van der Waals surface area contributed by atoms with E-state index in [-0.39, 0.29) is 29.1 Å². The zero-order valence-electron chi connectivity index (χ0n) is 11.6. The first-order valence-corrected chi connectivity index (χ1v) is 7.62. The molecule has 0 aliphatic heterocycles. The smallest absolute Gasteiger partial charge is 0.240 e. The Hall–Kier alpha value is -2.00. The van der Waals surface area contributed by atoms with Gasteiger partial charge >= 0.3 is 0 Å². The maximum absolute atomic E-state index is 13.3.